The molecule has 0 spiro atoms. The fourth-order valence-electron chi connectivity index (χ4n) is 1.56. The fraction of sp³-hybridized carbons (Fsp3) is 0.231. The van der Waals surface area contributed by atoms with E-state index in [0.29, 0.717) is 5.56 Å². The third kappa shape index (κ3) is 2.92. The molecule has 1 aromatic carbocycles. The molecular formula is C13H13FN2OS. The molecule has 2 rings (SSSR count). The van der Waals surface area contributed by atoms with Crippen molar-refractivity contribution in [1.29, 1.82) is 0 Å². The molecule has 1 unspecified atom stereocenters. The number of hydrogen-bond donors (Lipinski definition) is 1. The summed E-state index contributed by atoms with van der Waals surface area (Å²) in [5.74, 6) is -0.715. The van der Waals surface area contributed by atoms with Gasteiger partial charge >= 0.3 is 0 Å². The van der Waals surface area contributed by atoms with Crippen molar-refractivity contribution in [3.05, 3.63) is 51.7 Å². The molecule has 1 N–H and O–H groups in total. The lowest BCUT2D eigenvalue weighted by molar-refractivity contribution is 0.0938. The number of nitrogens with one attached hydrogen (secondary N) is 1. The number of rotatable bonds is 3. The number of amides is 1. The van der Waals surface area contributed by atoms with Gasteiger partial charge in [-0.25, -0.2) is 9.37 Å². The lowest BCUT2D eigenvalue weighted by atomic mass is 10.2. The molecule has 0 aliphatic rings. The molecule has 0 saturated carbocycles. The maximum Gasteiger partial charge on any atom is 0.251 e. The SMILES string of the molecule is Cc1nc(C(C)NC(=O)c2cccc(F)c2)cs1. The van der Waals surface area contributed by atoms with Crippen molar-refractivity contribution in [3.8, 4) is 0 Å². The summed E-state index contributed by atoms with van der Waals surface area (Å²) in [6.07, 6.45) is 0. The van der Waals surface area contributed by atoms with Gasteiger partial charge in [-0.2, -0.15) is 0 Å². The van der Waals surface area contributed by atoms with Gasteiger partial charge < -0.3 is 5.32 Å². The Bertz CT molecular complexity index is 568. The third-order valence-electron chi connectivity index (χ3n) is 2.51. The lowest BCUT2D eigenvalue weighted by Crippen LogP contribution is -2.26. The Labute approximate surface area is 109 Å². The van der Waals surface area contributed by atoms with Crippen molar-refractivity contribution in [1.82, 2.24) is 10.3 Å². The maximum atomic E-state index is 13.0. The van der Waals surface area contributed by atoms with Gasteiger partial charge in [-0.1, -0.05) is 6.07 Å². The first kappa shape index (κ1) is 12.7. The van der Waals surface area contributed by atoms with Crippen LogP contribution in [0.5, 0.6) is 0 Å². The van der Waals surface area contributed by atoms with E-state index in [4.69, 9.17) is 0 Å². The summed E-state index contributed by atoms with van der Waals surface area (Å²) in [4.78, 5) is 16.2. The van der Waals surface area contributed by atoms with Gasteiger partial charge in [0, 0.05) is 10.9 Å². The van der Waals surface area contributed by atoms with Gasteiger partial charge in [0.05, 0.1) is 16.7 Å². The van der Waals surface area contributed by atoms with Crippen molar-refractivity contribution in [2.75, 3.05) is 0 Å². The van der Waals surface area contributed by atoms with Crippen LogP contribution in [-0.2, 0) is 0 Å². The second-order valence-electron chi connectivity index (χ2n) is 4.00. The first-order valence-electron chi connectivity index (χ1n) is 5.54. The van der Waals surface area contributed by atoms with Crippen LogP contribution in [0, 0.1) is 12.7 Å². The predicted octanol–water partition coefficient (Wildman–Crippen LogP) is 3.08. The van der Waals surface area contributed by atoms with Crippen LogP contribution in [-0.4, -0.2) is 10.9 Å². The first-order valence-corrected chi connectivity index (χ1v) is 6.42. The van der Waals surface area contributed by atoms with E-state index < -0.39 is 5.82 Å². The Morgan fingerprint density at radius 3 is 2.89 bits per heavy atom. The number of carbonyl (C=O) groups excluding carboxylic acids is 1. The summed E-state index contributed by atoms with van der Waals surface area (Å²) in [5.41, 5.74) is 1.14. The summed E-state index contributed by atoms with van der Waals surface area (Å²) in [5, 5.41) is 5.66. The Hall–Kier alpha value is -1.75. The molecule has 18 heavy (non-hydrogen) atoms. The van der Waals surface area contributed by atoms with Crippen LogP contribution in [0.25, 0.3) is 0 Å². The summed E-state index contributed by atoms with van der Waals surface area (Å²) >= 11 is 1.54. The number of benzene rings is 1. The second kappa shape index (κ2) is 5.27. The topological polar surface area (TPSA) is 42.0 Å². The number of hydrogen-bond acceptors (Lipinski definition) is 3. The molecule has 3 nitrogen and oxygen atoms in total. The van der Waals surface area contributed by atoms with E-state index in [9.17, 15) is 9.18 Å². The first-order chi connectivity index (χ1) is 8.56. The third-order valence-corrected chi connectivity index (χ3v) is 3.31. The number of aromatic nitrogens is 1. The van der Waals surface area contributed by atoms with Crippen LogP contribution in [0.15, 0.2) is 29.6 Å². The molecule has 0 saturated heterocycles. The molecule has 0 radical (unpaired) electrons. The summed E-state index contributed by atoms with van der Waals surface area (Å²) in [6, 6.07) is 5.43. The van der Waals surface area contributed by atoms with E-state index in [1.165, 1.54) is 29.5 Å². The zero-order valence-electron chi connectivity index (χ0n) is 10.1. The highest BCUT2D eigenvalue weighted by Gasteiger charge is 2.13. The van der Waals surface area contributed by atoms with Crippen LogP contribution >= 0.6 is 11.3 Å². The number of nitrogens with zero attached hydrogens (tertiary/aromatic N) is 1. The average molecular weight is 264 g/mol. The van der Waals surface area contributed by atoms with Gasteiger partial charge in [0.1, 0.15) is 5.82 Å². The van der Waals surface area contributed by atoms with Crippen molar-refractivity contribution >= 4 is 17.2 Å². The minimum atomic E-state index is -0.417. The van der Waals surface area contributed by atoms with Crippen LogP contribution < -0.4 is 5.32 Å². The van der Waals surface area contributed by atoms with E-state index in [-0.39, 0.29) is 11.9 Å². The molecule has 0 bridgehead atoms. The van der Waals surface area contributed by atoms with Gasteiger partial charge in [0.25, 0.3) is 5.91 Å². The predicted molar refractivity (Wildman–Crippen MR) is 69.1 cm³/mol. The molecule has 94 valence electrons. The molecule has 1 aromatic heterocycles. The van der Waals surface area contributed by atoms with Crippen molar-refractivity contribution in [3.63, 3.8) is 0 Å². The van der Waals surface area contributed by atoms with E-state index in [1.807, 2.05) is 19.2 Å². The highest BCUT2D eigenvalue weighted by Crippen LogP contribution is 2.16. The maximum absolute atomic E-state index is 13.0. The van der Waals surface area contributed by atoms with Crippen molar-refractivity contribution < 1.29 is 9.18 Å². The van der Waals surface area contributed by atoms with E-state index in [1.54, 1.807) is 6.07 Å². The molecule has 0 aliphatic heterocycles. The van der Waals surface area contributed by atoms with Gasteiger partial charge in [0.15, 0.2) is 0 Å². The summed E-state index contributed by atoms with van der Waals surface area (Å²) in [6.45, 7) is 3.76. The Balaban J connectivity index is 2.08. The van der Waals surface area contributed by atoms with E-state index in [0.717, 1.165) is 10.7 Å². The molecule has 1 atom stereocenters. The smallest absolute Gasteiger partial charge is 0.251 e. The van der Waals surface area contributed by atoms with Crippen LogP contribution in [0.1, 0.15) is 34.0 Å². The molecule has 0 aliphatic carbocycles. The zero-order valence-corrected chi connectivity index (χ0v) is 10.9. The number of aryl methyl sites for hydroxylation is 1. The van der Waals surface area contributed by atoms with Crippen LogP contribution in [0.3, 0.4) is 0 Å². The van der Waals surface area contributed by atoms with Gasteiger partial charge in [0.2, 0.25) is 0 Å². The monoisotopic (exact) mass is 264 g/mol. The summed E-state index contributed by atoms with van der Waals surface area (Å²) < 4.78 is 13.0. The summed E-state index contributed by atoms with van der Waals surface area (Å²) in [7, 11) is 0. The minimum Gasteiger partial charge on any atom is -0.344 e. The molecule has 2 aromatic rings. The highest BCUT2D eigenvalue weighted by atomic mass is 32.1. The number of thiazole rings is 1. The lowest BCUT2D eigenvalue weighted by Gasteiger charge is -2.11. The van der Waals surface area contributed by atoms with Gasteiger partial charge in [-0.3, -0.25) is 4.79 Å². The van der Waals surface area contributed by atoms with Gasteiger partial charge in [-0.05, 0) is 32.0 Å². The minimum absolute atomic E-state index is 0.189. The average Bonchev–Trinajstić information content (AvgIpc) is 2.76. The van der Waals surface area contributed by atoms with Crippen molar-refractivity contribution in [2.24, 2.45) is 0 Å². The van der Waals surface area contributed by atoms with E-state index >= 15 is 0 Å². The number of carbonyl (C=O) groups is 1. The Kier molecular flexibility index (Phi) is 3.72. The van der Waals surface area contributed by atoms with E-state index in [2.05, 4.69) is 10.3 Å². The fourth-order valence-corrected chi connectivity index (χ4v) is 2.27. The standard InChI is InChI=1S/C13H13FN2OS/c1-8(12-7-18-9(2)16-12)15-13(17)10-4-3-5-11(14)6-10/h3-8H,1-2H3,(H,15,17). The van der Waals surface area contributed by atoms with Crippen molar-refractivity contribution in [2.45, 2.75) is 19.9 Å². The molecule has 0 fully saturated rings. The van der Waals surface area contributed by atoms with Crippen LogP contribution in [0.2, 0.25) is 0 Å². The Morgan fingerprint density at radius 2 is 2.28 bits per heavy atom. The molecule has 1 heterocycles. The highest BCUT2D eigenvalue weighted by molar-refractivity contribution is 7.09. The zero-order chi connectivity index (χ0) is 13.1. The van der Waals surface area contributed by atoms with Gasteiger partial charge in [-0.15, -0.1) is 11.3 Å². The normalized spacial score (nSPS) is 12.2. The second-order valence-corrected chi connectivity index (χ2v) is 5.06. The molecule has 5 heteroatoms. The largest absolute Gasteiger partial charge is 0.344 e. The Morgan fingerprint density at radius 1 is 1.50 bits per heavy atom. The van der Waals surface area contributed by atoms with Crippen LogP contribution in [0.4, 0.5) is 4.39 Å². The molecular weight excluding hydrogens is 251 g/mol. The number of halogens is 1. The molecule has 1 amide bonds. The quantitative estimate of drug-likeness (QED) is 0.925.